The van der Waals surface area contributed by atoms with Crippen molar-refractivity contribution in [1.29, 1.82) is 0 Å². The van der Waals surface area contributed by atoms with Gasteiger partial charge in [-0.05, 0) is 37.2 Å². The maximum atomic E-state index is 12.1. The van der Waals surface area contributed by atoms with Gasteiger partial charge in [-0.3, -0.25) is 4.79 Å². The Bertz CT molecular complexity index is 394. The smallest absolute Gasteiger partial charge is 0.232 e. The molecule has 1 aliphatic rings. The summed E-state index contributed by atoms with van der Waals surface area (Å²) in [7, 11) is 0. The highest BCUT2D eigenvalue weighted by atomic mass is 32.2. The van der Waals surface area contributed by atoms with Crippen LogP contribution in [-0.4, -0.2) is 15.7 Å². The van der Waals surface area contributed by atoms with Gasteiger partial charge in [0.15, 0.2) is 4.90 Å². The van der Waals surface area contributed by atoms with Crippen LogP contribution in [0.25, 0.3) is 0 Å². The van der Waals surface area contributed by atoms with Crippen molar-refractivity contribution in [2.75, 3.05) is 5.32 Å². The van der Waals surface area contributed by atoms with E-state index in [1.165, 1.54) is 0 Å². The number of benzene rings is 1. The van der Waals surface area contributed by atoms with Crippen LogP contribution in [0.3, 0.4) is 0 Å². The summed E-state index contributed by atoms with van der Waals surface area (Å²) >= 11 is -1.11. The third-order valence-electron chi connectivity index (χ3n) is 2.82. The largest absolute Gasteiger partial charge is 0.611 e. The number of anilines is 1. The first-order valence-electron chi connectivity index (χ1n) is 4.91. The van der Waals surface area contributed by atoms with Gasteiger partial charge in [0.05, 0.1) is 11.6 Å². The van der Waals surface area contributed by atoms with Crippen molar-refractivity contribution in [2.24, 2.45) is 5.92 Å². The molecule has 2 rings (SSSR count). The van der Waals surface area contributed by atoms with Gasteiger partial charge in [-0.25, -0.2) is 0 Å². The first kappa shape index (κ1) is 10.5. The van der Waals surface area contributed by atoms with Crippen LogP contribution >= 0.6 is 0 Å². The molecule has 4 heteroatoms. The number of carbonyl (C=O) groups excluding carboxylic acids is 1. The summed E-state index contributed by atoms with van der Waals surface area (Å²) in [6, 6.07) is 7.26. The molecule has 3 unspecified atom stereocenters. The lowest BCUT2D eigenvalue weighted by molar-refractivity contribution is -0.119. The fourth-order valence-electron chi connectivity index (χ4n) is 1.59. The van der Waals surface area contributed by atoms with Gasteiger partial charge < -0.3 is 9.87 Å². The van der Waals surface area contributed by atoms with Gasteiger partial charge in [-0.2, -0.15) is 0 Å². The van der Waals surface area contributed by atoms with Crippen molar-refractivity contribution < 1.29 is 9.35 Å². The lowest BCUT2D eigenvalue weighted by atomic mass is 10.1. The SMILES string of the molecule is CC1C(=O)Nc2ccccc2[S+]([O-])C1C. The van der Waals surface area contributed by atoms with Gasteiger partial charge in [0.2, 0.25) is 5.91 Å². The van der Waals surface area contributed by atoms with Crippen molar-refractivity contribution in [3.05, 3.63) is 24.3 Å². The minimum absolute atomic E-state index is 0.0548. The molecule has 1 N–H and O–H groups in total. The van der Waals surface area contributed by atoms with Crippen molar-refractivity contribution >= 4 is 22.8 Å². The van der Waals surface area contributed by atoms with Gasteiger partial charge in [-0.1, -0.05) is 12.1 Å². The van der Waals surface area contributed by atoms with E-state index in [9.17, 15) is 9.35 Å². The minimum atomic E-state index is -1.11. The Morgan fingerprint density at radius 1 is 1.33 bits per heavy atom. The number of para-hydroxylation sites is 1. The van der Waals surface area contributed by atoms with E-state index in [0.29, 0.717) is 5.69 Å². The molecular formula is C11H13NO2S. The fraction of sp³-hybridized carbons (Fsp3) is 0.364. The van der Waals surface area contributed by atoms with Crippen LogP contribution in [0, 0.1) is 5.92 Å². The van der Waals surface area contributed by atoms with E-state index in [4.69, 9.17) is 0 Å². The van der Waals surface area contributed by atoms with Crippen LogP contribution in [-0.2, 0) is 16.0 Å². The van der Waals surface area contributed by atoms with E-state index in [-0.39, 0.29) is 17.1 Å². The summed E-state index contributed by atoms with van der Waals surface area (Å²) in [5.74, 6) is -0.279. The molecular weight excluding hydrogens is 210 g/mol. The zero-order valence-electron chi connectivity index (χ0n) is 8.69. The highest BCUT2D eigenvalue weighted by Crippen LogP contribution is 2.31. The lowest BCUT2D eigenvalue weighted by Gasteiger charge is -2.18. The fourth-order valence-corrected chi connectivity index (χ4v) is 3.03. The second kappa shape index (κ2) is 3.87. The van der Waals surface area contributed by atoms with Gasteiger partial charge in [-0.15, -0.1) is 0 Å². The van der Waals surface area contributed by atoms with E-state index >= 15 is 0 Å². The molecule has 1 aliphatic heterocycles. The van der Waals surface area contributed by atoms with Gasteiger partial charge >= 0.3 is 0 Å². The maximum absolute atomic E-state index is 12.1. The number of carbonyl (C=O) groups is 1. The standard InChI is InChI=1S/C11H13NO2S/c1-7-8(2)15(14)10-6-4-3-5-9(10)12-11(7)13/h3-8H,1-2H3,(H,12,13). The Kier molecular flexibility index (Phi) is 2.71. The summed E-state index contributed by atoms with van der Waals surface area (Å²) < 4.78 is 12.1. The number of amides is 1. The van der Waals surface area contributed by atoms with E-state index in [1.807, 2.05) is 26.0 Å². The molecule has 0 fully saturated rings. The van der Waals surface area contributed by atoms with Crippen LogP contribution in [0.15, 0.2) is 29.2 Å². The lowest BCUT2D eigenvalue weighted by Crippen LogP contribution is -2.30. The molecule has 1 aromatic carbocycles. The zero-order chi connectivity index (χ0) is 11.0. The molecule has 0 aromatic heterocycles. The highest BCUT2D eigenvalue weighted by molar-refractivity contribution is 7.92. The summed E-state index contributed by atoms with van der Waals surface area (Å²) in [5, 5.41) is 2.66. The molecule has 0 aliphatic carbocycles. The average Bonchev–Trinajstić information content (AvgIpc) is 2.32. The van der Waals surface area contributed by atoms with Crippen molar-refractivity contribution in [3.8, 4) is 0 Å². The predicted molar refractivity (Wildman–Crippen MR) is 60.1 cm³/mol. The normalized spacial score (nSPS) is 30.3. The van der Waals surface area contributed by atoms with Crippen LogP contribution < -0.4 is 5.32 Å². The molecule has 3 atom stereocenters. The molecule has 1 aromatic rings. The van der Waals surface area contributed by atoms with Crippen LogP contribution in [0.2, 0.25) is 0 Å². The molecule has 0 spiro atoms. The highest BCUT2D eigenvalue weighted by Gasteiger charge is 2.36. The van der Waals surface area contributed by atoms with E-state index in [2.05, 4.69) is 5.32 Å². The molecule has 3 nitrogen and oxygen atoms in total. The van der Waals surface area contributed by atoms with Gasteiger partial charge in [0, 0.05) is 0 Å². The number of nitrogens with one attached hydrogen (secondary N) is 1. The van der Waals surface area contributed by atoms with Crippen molar-refractivity contribution in [1.82, 2.24) is 0 Å². The van der Waals surface area contributed by atoms with Gasteiger partial charge in [0.1, 0.15) is 5.25 Å². The Hall–Kier alpha value is -1.00. The molecule has 0 saturated carbocycles. The van der Waals surface area contributed by atoms with E-state index < -0.39 is 11.2 Å². The maximum Gasteiger partial charge on any atom is 0.232 e. The van der Waals surface area contributed by atoms with E-state index in [0.717, 1.165) is 4.90 Å². The minimum Gasteiger partial charge on any atom is -0.611 e. The Labute approximate surface area is 92.1 Å². The van der Waals surface area contributed by atoms with Gasteiger partial charge in [0.25, 0.3) is 0 Å². The van der Waals surface area contributed by atoms with Crippen molar-refractivity contribution in [2.45, 2.75) is 24.0 Å². The molecule has 80 valence electrons. The summed E-state index contributed by atoms with van der Waals surface area (Å²) in [6.45, 7) is 3.66. The first-order valence-corrected chi connectivity index (χ1v) is 6.13. The van der Waals surface area contributed by atoms with Crippen LogP contribution in [0.4, 0.5) is 5.69 Å². The molecule has 0 radical (unpaired) electrons. The third-order valence-corrected chi connectivity index (χ3v) is 4.69. The number of rotatable bonds is 0. The number of fused-ring (bicyclic) bond motifs is 1. The van der Waals surface area contributed by atoms with Crippen molar-refractivity contribution in [3.63, 3.8) is 0 Å². The average molecular weight is 223 g/mol. The molecule has 15 heavy (non-hydrogen) atoms. The Morgan fingerprint density at radius 3 is 2.73 bits per heavy atom. The first-order chi connectivity index (χ1) is 7.11. The third kappa shape index (κ3) is 1.75. The monoisotopic (exact) mass is 223 g/mol. The molecule has 1 heterocycles. The zero-order valence-corrected chi connectivity index (χ0v) is 9.51. The van der Waals surface area contributed by atoms with E-state index in [1.54, 1.807) is 12.1 Å². The number of hydrogen-bond donors (Lipinski definition) is 1. The second-order valence-electron chi connectivity index (χ2n) is 3.78. The molecule has 0 bridgehead atoms. The summed E-state index contributed by atoms with van der Waals surface area (Å²) in [6.07, 6.45) is 0. The molecule has 0 saturated heterocycles. The van der Waals surface area contributed by atoms with Crippen LogP contribution in [0.1, 0.15) is 13.8 Å². The predicted octanol–water partition coefficient (Wildman–Crippen LogP) is 1.77. The summed E-state index contributed by atoms with van der Waals surface area (Å²) in [5.41, 5.74) is 0.678. The Balaban J connectivity index is 2.48. The number of hydrogen-bond acceptors (Lipinski definition) is 2. The van der Waals surface area contributed by atoms with Crippen LogP contribution in [0.5, 0.6) is 0 Å². The Morgan fingerprint density at radius 2 is 2.00 bits per heavy atom. The topological polar surface area (TPSA) is 52.2 Å². The summed E-state index contributed by atoms with van der Waals surface area (Å²) in [4.78, 5) is 12.4. The quantitative estimate of drug-likeness (QED) is 0.681. The second-order valence-corrected chi connectivity index (χ2v) is 5.55. The molecule has 1 amide bonds.